The van der Waals surface area contributed by atoms with Crippen molar-refractivity contribution < 1.29 is 48.3 Å². The normalized spacial score (nSPS) is 21.6. The van der Waals surface area contributed by atoms with Gasteiger partial charge in [-0.05, 0) is 65.6 Å². The van der Waals surface area contributed by atoms with Gasteiger partial charge in [0.2, 0.25) is 0 Å². The average Bonchev–Trinajstić information content (AvgIpc) is 3.20. The summed E-state index contributed by atoms with van der Waals surface area (Å²) in [7, 11) is 1.50. The van der Waals surface area contributed by atoms with Crippen molar-refractivity contribution in [2.75, 3.05) is 20.5 Å². The lowest BCUT2D eigenvalue weighted by Crippen LogP contribution is -2.58. The van der Waals surface area contributed by atoms with E-state index in [9.17, 15) is 24.6 Å². The summed E-state index contributed by atoms with van der Waals surface area (Å²) in [5.41, 5.74) is 0.485. The molecule has 11 nitrogen and oxygen atoms in total. The highest BCUT2D eigenvalue weighted by atomic mass is 16.7. The number of esters is 2. The van der Waals surface area contributed by atoms with Crippen molar-refractivity contribution in [3.63, 3.8) is 0 Å². The largest absolute Gasteiger partial charge is 0.468 e. The molecule has 2 bridgehead atoms. The van der Waals surface area contributed by atoms with Gasteiger partial charge in [0, 0.05) is 30.1 Å². The van der Waals surface area contributed by atoms with Gasteiger partial charge in [-0.2, -0.15) is 0 Å². The Morgan fingerprint density at radius 2 is 1.50 bits per heavy atom. The predicted octanol–water partition coefficient (Wildman–Crippen LogP) is 6.02. The van der Waals surface area contributed by atoms with Gasteiger partial charge in [0.25, 0.3) is 5.91 Å². The molecule has 0 fully saturated rings. The van der Waals surface area contributed by atoms with Gasteiger partial charge in [0.15, 0.2) is 19.0 Å². The molecule has 1 aliphatic heterocycles. The van der Waals surface area contributed by atoms with E-state index in [1.54, 1.807) is 116 Å². The standard InChI is InChI=1S/C43H45NO10/c1-27-34-25-51-24-31-20-21-32(52-26-50-4)22-33(31)38(54-40(47)30-18-12-7-13-19-30)43(49,42(34,2)3)23-35(27)53-41(48)37(45)36(28-14-8-5-9-15-28)44-39(46)29-16-10-6-11-17-29/h5-22,35-38,45,49H,23-26H2,1-4H3,(H,44,46)/t35-,36-,37+,38+,43-/m0/s1. The smallest absolute Gasteiger partial charge is 0.338 e. The molecule has 1 amide bonds. The summed E-state index contributed by atoms with van der Waals surface area (Å²) in [6.07, 6.45) is -4.44. The van der Waals surface area contributed by atoms with E-state index in [1.165, 1.54) is 7.11 Å². The highest BCUT2D eigenvalue weighted by Crippen LogP contribution is 2.56. The summed E-state index contributed by atoms with van der Waals surface area (Å²) in [6.45, 7) is 5.62. The molecule has 0 unspecified atom stereocenters. The van der Waals surface area contributed by atoms with Crippen molar-refractivity contribution in [3.8, 4) is 5.75 Å². The molecule has 4 aromatic carbocycles. The minimum absolute atomic E-state index is 0.0400. The Morgan fingerprint density at radius 3 is 2.15 bits per heavy atom. The van der Waals surface area contributed by atoms with Crippen LogP contribution in [-0.4, -0.2) is 66.4 Å². The predicted molar refractivity (Wildman–Crippen MR) is 198 cm³/mol. The number of benzene rings is 4. The fraction of sp³-hybridized carbons (Fsp3) is 0.326. The van der Waals surface area contributed by atoms with Gasteiger partial charge >= 0.3 is 11.9 Å². The topological polar surface area (TPSA) is 150 Å². The Kier molecular flexibility index (Phi) is 11.6. The van der Waals surface area contributed by atoms with Crippen LogP contribution >= 0.6 is 0 Å². The second-order valence-electron chi connectivity index (χ2n) is 14.1. The van der Waals surface area contributed by atoms with Crippen LogP contribution in [0.15, 0.2) is 120 Å². The molecular formula is C43H45NO10. The van der Waals surface area contributed by atoms with Crippen LogP contribution in [0.4, 0.5) is 0 Å². The molecule has 54 heavy (non-hydrogen) atoms. The Morgan fingerprint density at radius 1 is 0.870 bits per heavy atom. The third-order valence-corrected chi connectivity index (χ3v) is 10.5. The summed E-state index contributed by atoms with van der Waals surface area (Å²) < 4.78 is 29.5. The third-order valence-electron chi connectivity index (χ3n) is 10.5. The van der Waals surface area contributed by atoms with E-state index in [0.29, 0.717) is 39.1 Å². The van der Waals surface area contributed by atoms with Crippen LogP contribution in [0, 0.1) is 5.41 Å². The van der Waals surface area contributed by atoms with Crippen molar-refractivity contribution in [1.82, 2.24) is 5.32 Å². The fourth-order valence-electron chi connectivity index (χ4n) is 7.26. The van der Waals surface area contributed by atoms with Crippen LogP contribution in [-0.2, 0) is 30.3 Å². The second-order valence-corrected chi connectivity index (χ2v) is 14.1. The van der Waals surface area contributed by atoms with Crippen molar-refractivity contribution in [2.45, 2.75) is 63.8 Å². The number of carbonyl (C=O) groups excluding carboxylic acids is 3. The summed E-state index contributed by atoms with van der Waals surface area (Å²) >= 11 is 0. The zero-order valence-electron chi connectivity index (χ0n) is 30.7. The second kappa shape index (κ2) is 16.4. The van der Waals surface area contributed by atoms with Crippen LogP contribution in [0.25, 0.3) is 0 Å². The highest BCUT2D eigenvalue weighted by Gasteiger charge is 2.59. The maximum atomic E-state index is 14.0. The first-order valence-corrected chi connectivity index (χ1v) is 17.7. The first-order valence-electron chi connectivity index (χ1n) is 17.7. The number of amides is 1. The molecule has 11 heteroatoms. The van der Waals surface area contributed by atoms with E-state index in [-0.39, 0.29) is 32.0 Å². The van der Waals surface area contributed by atoms with Crippen molar-refractivity contribution in [2.24, 2.45) is 5.41 Å². The lowest BCUT2D eigenvalue weighted by molar-refractivity contribution is -0.183. The Balaban J connectivity index is 1.38. The van der Waals surface area contributed by atoms with Crippen LogP contribution in [0.1, 0.15) is 76.7 Å². The molecule has 2 aliphatic rings. The van der Waals surface area contributed by atoms with Gasteiger partial charge in [-0.3, -0.25) is 4.79 Å². The minimum atomic E-state index is -1.90. The number of ether oxygens (including phenoxy) is 5. The molecule has 0 aromatic heterocycles. The molecule has 4 aromatic rings. The summed E-state index contributed by atoms with van der Waals surface area (Å²) in [5, 5.41) is 27.6. The van der Waals surface area contributed by atoms with E-state index < -0.39 is 53.2 Å². The molecule has 282 valence electrons. The molecule has 5 atom stereocenters. The molecule has 3 N–H and O–H groups in total. The molecule has 1 aliphatic carbocycles. The van der Waals surface area contributed by atoms with Crippen LogP contribution in [0.5, 0.6) is 5.75 Å². The molecule has 0 radical (unpaired) electrons. The van der Waals surface area contributed by atoms with E-state index in [0.717, 1.165) is 0 Å². The Hall–Kier alpha value is -5.33. The van der Waals surface area contributed by atoms with Gasteiger partial charge in [0.05, 0.1) is 24.8 Å². The summed E-state index contributed by atoms with van der Waals surface area (Å²) in [4.78, 5) is 41.1. The molecule has 1 heterocycles. The number of carbonyl (C=O) groups is 3. The molecule has 0 spiro atoms. The number of rotatable bonds is 11. The van der Waals surface area contributed by atoms with Gasteiger partial charge in [-0.15, -0.1) is 0 Å². The van der Waals surface area contributed by atoms with Crippen molar-refractivity contribution in [1.29, 1.82) is 0 Å². The van der Waals surface area contributed by atoms with Gasteiger partial charge in [0.1, 0.15) is 17.5 Å². The Labute approximate surface area is 314 Å². The number of aliphatic hydroxyl groups excluding tert-OH is 1. The van der Waals surface area contributed by atoms with Crippen LogP contribution in [0.2, 0.25) is 0 Å². The molecule has 6 rings (SSSR count). The van der Waals surface area contributed by atoms with Gasteiger partial charge in [-0.25, -0.2) is 9.59 Å². The zero-order valence-corrected chi connectivity index (χ0v) is 30.7. The summed E-state index contributed by atoms with van der Waals surface area (Å²) in [6, 6.07) is 29.6. The van der Waals surface area contributed by atoms with E-state index >= 15 is 0 Å². The number of hydrogen-bond acceptors (Lipinski definition) is 10. The van der Waals surface area contributed by atoms with Crippen molar-refractivity contribution >= 4 is 17.8 Å². The number of aliphatic hydroxyl groups is 2. The average molecular weight is 736 g/mol. The molecule has 0 saturated carbocycles. The number of nitrogens with one attached hydrogen (secondary N) is 1. The van der Waals surface area contributed by atoms with Crippen LogP contribution < -0.4 is 10.1 Å². The highest BCUT2D eigenvalue weighted by molar-refractivity contribution is 5.95. The zero-order chi connectivity index (χ0) is 38.5. The SMILES string of the molecule is COCOc1ccc2c(c1)[C@@H](OC(=O)c1ccccc1)[C@@]1(O)C[C@H](OC(=O)[C@H](O)[C@@H](NC(=O)c3ccccc3)c3ccccc3)C(C)=C(COC2)C1(C)C. The number of methoxy groups -OCH3 is 1. The van der Waals surface area contributed by atoms with Crippen LogP contribution in [0.3, 0.4) is 0 Å². The Bertz CT molecular complexity index is 1980. The quantitative estimate of drug-likeness (QED) is 0.0949. The summed E-state index contributed by atoms with van der Waals surface area (Å²) in [5.74, 6) is -1.77. The van der Waals surface area contributed by atoms with Crippen molar-refractivity contribution in [3.05, 3.63) is 148 Å². The minimum Gasteiger partial charge on any atom is -0.468 e. The molecular weight excluding hydrogens is 690 g/mol. The van der Waals surface area contributed by atoms with E-state index in [1.807, 2.05) is 13.8 Å². The lowest BCUT2D eigenvalue weighted by atomic mass is 9.58. The lowest BCUT2D eigenvalue weighted by Gasteiger charge is -2.53. The number of hydrogen-bond donors (Lipinski definition) is 3. The fourth-order valence-corrected chi connectivity index (χ4v) is 7.26. The maximum absolute atomic E-state index is 14.0. The monoisotopic (exact) mass is 735 g/mol. The van der Waals surface area contributed by atoms with Gasteiger partial charge in [-0.1, -0.05) is 86.6 Å². The number of fused-ring (bicyclic) bond motifs is 3. The molecule has 0 saturated heterocycles. The van der Waals surface area contributed by atoms with E-state index in [4.69, 9.17) is 23.7 Å². The first-order chi connectivity index (χ1) is 25.9. The van der Waals surface area contributed by atoms with Gasteiger partial charge < -0.3 is 39.2 Å². The first kappa shape index (κ1) is 38.4. The van der Waals surface area contributed by atoms with E-state index in [2.05, 4.69) is 5.32 Å². The maximum Gasteiger partial charge on any atom is 0.338 e. The third kappa shape index (κ3) is 7.81.